The Bertz CT molecular complexity index is 1050. The first-order valence-electron chi connectivity index (χ1n) is 9.15. The van der Waals surface area contributed by atoms with Crippen molar-refractivity contribution in [2.75, 3.05) is 26.1 Å². The molecule has 0 fully saturated rings. The van der Waals surface area contributed by atoms with E-state index in [1.165, 1.54) is 20.3 Å². The molecule has 31 heavy (non-hydrogen) atoms. The lowest BCUT2D eigenvalue weighted by Gasteiger charge is -2.15. The number of carbonyl (C=O) groups excluding carboxylic acids is 1. The maximum atomic E-state index is 12.6. The average molecular weight is 422 g/mol. The van der Waals surface area contributed by atoms with Crippen molar-refractivity contribution in [2.45, 2.75) is 6.42 Å². The fourth-order valence-electron chi connectivity index (χ4n) is 2.74. The van der Waals surface area contributed by atoms with Crippen LogP contribution >= 0.6 is 0 Å². The van der Waals surface area contributed by atoms with Crippen LogP contribution in [0.15, 0.2) is 54.6 Å². The van der Waals surface area contributed by atoms with Gasteiger partial charge in [0.2, 0.25) is 0 Å². The van der Waals surface area contributed by atoms with Gasteiger partial charge in [-0.25, -0.2) is 4.79 Å². The van der Waals surface area contributed by atoms with Crippen molar-refractivity contribution < 1.29 is 28.9 Å². The van der Waals surface area contributed by atoms with Crippen LogP contribution in [-0.4, -0.2) is 37.8 Å². The van der Waals surface area contributed by atoms with E-state index in [9.17, 15) is 14.9 Å². The molecule has 0 aromatic heterocycles. The van der Waals surface area contributed by atoms with Gasteiger partial charge in [0.1, 0.15) is 17.4 Å². The molecule has 0 spiro atoms. The standard InChI is InChI=1S/C23H22N2O6/c1-4-6-16-9-15(11-20(30-3)22(16)31-14-21(26)27)10-17(13-24)23(28)25-18-7-5-8-19(12-18)29-2/h4-5,7-12H,1,6,14H2,2-3H3,(H,25,28)(H,26,27)/b17-10-. The molecule has 0 aliphatic carbocycles. The Kier molecular flexibility index (Phi) is 8.22. The minimum atomic E-state index is -1.13. The number of hydrogen-bond acceptors (Lipinski definition) is 6. The Morgan fingerprint density at radius 2 is 2.00 bits per heavy atom. The highest BCUT2D eigenvalue weighted by molar-refractivity contribution is 6.09. The van der Waals surface area contributed by atoms with Crippen molar-refractivity contribution >= 4 is 23.6 Å². The summed E-state index contributed by atoms with van der Waals surface area (Å²) in [5.74, 6) is -0.613. The minimum Gasteiger partial charge on any atom is -0.497 e. The number of aliphatic carboxylic acids is 1. The van der Waals surface area contributed by atoms with Gasteiger partial charge < -0.3 is 24.6 Å². The van der Waals surface area contributed by atoms with Crippen LogP contribution in [0.1, 0.15) is 11.1 Å². The van der Waals surface area contributed by atoms with E-state index >= 15 is 0 Å². The second-order valence-electron chi connectivity index (χ2n) is 6.24. The molecule has 0 aliphatic rings. The van der Waals surface area contributed by atoms with E-state index in [-0.39, 0.29) is 17.1 Å². The summed E-state index contributed by atoms with van der Waals surface area (Å²) in [4.78, 5) is 23.5. The Morgan fingerprint density at radius 1 is 1.23 bits per heavy atom. The van der Waals surface area contributed by atoms with Gasteiger partial charge in [-0.2, -0.15) is 5.26 Å². The lowest BCUT2D eigenvalue weighted by atomic mass is 10.0. The first-order valence-corrected chi connectivity index (χ1v) is 9.15. The third-order valence-electron chi connectivity index (χ3n) is 4.08. The van der Waals surface area contributed by atoms with Crippen LogP contribution in [-0.2, 0) is 16.0 Å². The number of allylic oxidation sites excluding steroid dienone is 1. The quantitative estimate of drug-likeness (QED) is 0.342. The van der Waals surface area contributed by atoms with Gasteiger partial charge in [0, 0.05) is 17.3 Å². The van der Waals surface area contributed by atoms with Crippen molar-refractivity contribution in [3.05, 3.63) is 65.8 Å². The van der Waals surface area contributed by atoms with Gasteiger partial charge in [0.05, 0.1) is 14.2 Å². The third kappa shape index (κ3) is 6.37. The van der Waals surface area contributed by atoms with Crippen molar-refractivity contribution in [3.8, 4) is 23.3 Å². The number of methoxy groups -OCH3 is 2. The van der Waals surface area contributed by atoms with E-state index in [0.29, 0.717) is 29.0 Å². The fourth-order valence-corrected chi connectivity index (χ4v) is 2.74. The second kappa shape index (κ2) is 11.1. The molecule has 2 N–H and O–H groups in total. The molecule has 0 radical (unpaired) electrons. The van der Waals surface area contributed by atoms with Crippen LogP contribution in [0.4, 0.5) is 5.69 Å². The van der Waals surface area contributed by atoms with Gasteiger partial charge in [-0.3, -0.25) is 4.79 Å². The average Bonchev–Trinajstić information content (AvgIpc) is 2.76. The summed E-state index contributed by atoms with van der Waals surface area (Å²) in [5.41, 5.74) is 1.46. The number of carbonyl (C=O) groups is 2. The van der Waals surface area contributed by atoms with Crippen molar-refractivity contribution in [1.29, 1.82) is 5.26 Å². The van der Waals surface area contributed by atoms with Gasteiger partial charge in [-0.1, -0.05) is 12.1 Å². The number of rotatable bonds is 10. The summed E-state index contributed by atoms with van der Waals surface area (Å²) in [7, 11) is 2.93. The highest BCUT2D eigenvalue weighted by Crippen LogP contribution is 2.34. The number of nitrogens with one attached hydrogen (secondary N) is 1. The molecule has 2 aromatic carbocycles. The predicted octanol–water partition coefficient (Wildman–Crippen LogP) is 3.44. The molecule has 0 unspecified atom stereocenters. The number of carboxylic acids is 1. The van der Waals surface area contributed by atoms with Crippen LogP contribution < -0.4 is 19.5 Å². The Morgan fingerprint density at radius 3 is 2.61 bits per heavy atom. The summed E-state index contributed by atoms with van der Waals surface area (Å²) >= 11 is 0. The van der Waals surface area contributed by atoms with E-state index in [1.54, 1.807) is 42.5 Å². The van der Waals surface area contributed by atoms with E-state index in [1.807, 2.05) is 6.07 Å². The largest absolute Gasteiger partial charge is 0.497 e. The number of carboxylic acid groups (broad SMARTS) is 1. The lowest BCUT2D eigenvalue weighted by molar-refractivity contribution is -0.139. The fraction of sp³-hybridized carbons (Fsp3) is 0.174. The van der Waals surface area contributed by atoms with Crippen LogP contribution in [0, 0.1) is 11.3 Å². The molecule has 0 aliphatic heterocycles. The Labute approximate surface area is 180 Å². The van der Waals surface area contributed by atoms with Gasteiger partial charge in [-0.15, -0.1) is 6.58 Å². The first kappa shape index (κ1) is 23.0. The Balaban J connectivity index is 2.38. The van der Waals surface area contributed by atoms with Crippen LogP contribution in [0.5, 0.6) is 17.2 Å². The zero-order valence-electron chi connectivity index (χ0n) is 17.2. The highest BCUT2D eigenvalue weighted by Gasteiger charge is 2.16. The molecule has 0 atom stereocenters. The summed E-state index contributed by atoms with van der Waals surface area (Å²) in [5, 5.41) is 21.0. The van der Waals surface area contributed by atoms with Crippen molar-refractivity contribution in [1.82, 2.24) is 0 Å². The molecule has 8 nitrogen and oxygen atoms in total. The van der Waals surface area contributed by atoms with Gasteiger partial charge in [-0.05, 0) is 42.3 Å². The number of hydrogen-bond donors (Lipinski definition) is 2. The SMILES string of the molecule is C=CCc1cc(/C=C(/C#N)C(=O)Nc2cccc(OC)c2)cc(OC)c1OCC(=O)O. The summed E-state index contributed by atoms with van der Waals surface area (Å²) in [6.07, 6.45) is 3.40. The molecule has 0 heterocycles. The minimum absolute atomic E-state index is 0.131. The van der Waals surface area contributed by atoms with Crippen molar-refractivity contribution in [2.24, 2.45) is 0 Å². The monoisotopic (exact) mass is 422 g/mol. The van der Waals surface area contributed by atoms with Crippen LogP contribution in [0.3, 0.4) is 0 Å². The van der Waals surface area contributed by atoms with Gasteiger partial charge >= 0.3 is 5.97 Å². The lowest BCUT2D eigenvalue weighted by Crippen LogP contribution is -2.13. The Hall–Kier alpha value is -4.25. The number of ether oxygens (including phenoxy) is 3. The van der Waals surface area contributed by atoms with Gasteiger partial charge in [0.25, 0.3) is 5.91 Å². The molecular weight excluding hydrogens is 400 g/mol. The molecule has 2 rings (SSSR count). The molecule has 160 valence electrons. The normalized spacial score (nSPS) is 10.5. The molecule has 0 saturated heterocycles. The number of anilines is 1. The second-order valence-corrected chi connectivity index (χ2v) is 6.24. The molecule has 8 heteroatoms. The highest BCUT2D eigenvalue weighted by atomic mass is 16.5. The first-order chi connectivity index (χ1) is 14.9. The van der Waals surface area contributed by atoms with Crippen LogP contribution in [0.25, 0.3) is 6.08 Å². The van der Waals surface area contributed by atoms with Crippen LogP contribution in [0.2, 0.25) is 0 Å². The van der Waals surface area contributed by atoms with E-state index in [4.69, 9.17) is 19.3 Å². The molecule has 0 saturated carbocycles. The maximum Gasteiger partial charge on any atom is 0.341 e. The van der Waals surface area contributed by atoms with Crippen molar-refractivity contribution in [3.63, 3.8) is 0 Å². The van der Waals surface area contributed by atoms with Gasteiger partial charge in [0.15, 0.2) is 18.1 Å². The smallest absolute Gasteiger partial charge is 0.341 e. The predicted molar refractivity (Wildman–Crippen MR) is 115 cm³/mol. The van der Waals surface area contributed by atoms with E-state index in [0.717, 1.165) is 0 Å². The zero-order valence-corrected chi connectivity index (χ0v) is 17.2. The topological polar surface area (TPSA) is 118 Å². The summed E-state index contributed by atoms with van der Waals surface area (Å²) in [6.45, 7) is 3.15. The third-order valence-corrected chi connectivity index (χ3v) is 4.08. The molecule has 1 amide bonds. The number of benzene rings is 2. The molecule has 2 aromatic rings. The zero-order chi connectivity index (χ0) is 22.8. The number of amides is 1. The summed E-state index contributed by atoms with van der Waals surface area (Å²) in [6, 6.07) is 11.9. The molecule has 0 bridgehead atoms. The number of nitriles is 1. The van der Waals surface area contributed by atoms with E-state index < -0.39 is 18.5 Å². The van der Waals surface area contributed by atoms with E-state index in [2.05, 4.69) is 11.9 Å². The number of nitrogens with zero attached hydrogens (tertiary/aromatic N) is 1. The summed E-state index contributed by atoms with van der Waals surface area (Å²) < 4.78 is 15.8. The molecular formula is C23H22N2O6. The maximum absolute atomic E-state index is 12.6.